The second kappa shape index (κ2) is 7.83. The number of piperazine rings is 1. The number of aromatic nitrogens is 3. The predicted octanol–water partition coefficient (Wildman–Crippen LogP) is 0.943. The van der Waals surface area contributed by atoms with Crippen molar-refractivity contribution in [3.05, 3.63) is 48.2 Å². The molecule has 3 heterocycles. The summed E-state index contributed by atoms with van der Waals surface area (Å²) in [4.78, 5) is 29.4. The molecule has 1 fully saturated rings. The van der Waals surface area contributed by atoms with Gasteiger partial charge in [-0.15, -0.1) is 0 Å². The van der Waals surface area contributed by atoms with Crippen LogP contribution in [0.1, 0.15) is 23.0 Å². The zero-order chi connectivity index (χ0) is 16.8. The van der Waals surface area contributed by atoms with Gasteiger partial charge in [0.2, 0.25) is 0 Å². The number of likely N-dealkylation sites (N-methyl/N-ethyl adjacent to an activating group) is 1. The van der Waals surface area contributed by atoms with Crippen LogP contribution in [0.3, 0.4) is 0 Å². The third kappa shape index (κ3) is 4.05. The normalized spacial score (nSPS) is 15.3. The van der Waals surface area contributed by atoms with Gasteiger partial charge in [0, 0.05) is 45.1 Å². The maximum absolute atomic E-state index is 12.1. The minimum Gasteiger partial charge on any atom is -0.353 e. The summed E-state index contributed by atoms with van der Waals surface area (Å²) in [6, 6.07) is 3.73. The molecular formula is C17H22N6O. The van der Waals surface area contributed by atoms with Crippen molar-refractivity contribution in [2.24, 2.45) is 0 Å². The second-order valence-electron chi connectivity index (χ2n) is 5.72. The van der Waals surface area contributed by atoms with E-state index in [-0.39, 0.29) is 5.91 Å². The molecule has 24 heavy (non-hydrogen) atoms. The van der Waals surface area contributed by atoms with Crippen LogP contribution >= 0.6 is 0 Å². The number of hydrogen-bond donors (Lipinski definition) is 1. The van der Waals surface area contributed by atoms with E-state index in [0.717, 1.165) is 44.1 Å². The quantitative estimate of drug-likeness (QED) is 0.881. The summed E-state index contributed by atoms with van der Waals surface area (Å²) in [5, 5.41) is 2.84. The molecule has 3 rings (SSSR count). The number of carbonyl (C=O) groups excluding carboxylic acids is 1. The molecule has 0 bridgehead atoms. The van der Waals surface area contributed by atoms with Crippen LogP contribution in [0.15, 0.2) is 36.9 Å². The Labute approximate surface area is 141 Å². The van der Waals surface area contributed by atoms with Crippen molar-refractivity contribution < 1.29 is 4.79 Å². The lowest BCUT2D eigenvalue weighted by molar-refractivity contribution is 0.0945. The van der Waals surface area contributed by atoms with E-state index in [1.165, 1.54) is 0 Å². The molecule has 0 spiro atoms. The van der Waals surface area contributed by atoms with Gasteiger partial charge in [-0.2, -0.15) is 0 Å². The van der Waals surface area contributed by atoms with Crippen LogP contribution in [0.4, 0.5) is 5.82 Å². The Kier molecular flexibility index (Phi) is 5.32. The number of anilines is 1. The Morgan fingerprint density at radius 2 is 1.88 bits per heavy atom. The first-order valence-electron chi connectivity index (χ1n) is 8.22. The molecule has 0 unspecified atom stereocenters. The van der Waals surface area contributed by atoms with Crippen LogP contribution in [-0.4, -0.2) is 58.5 Å². The van der Waals surface area contributed by atoms with Crippen molar-refractivity contribution in [2.45, 2.75) is 13.5 Å². The number of hydrogen-bond acceptors (Lipinski definition) is 6. The van der Waals surface area contributed by atoms with Crippen LogP contribution < -0.4 is 10.2 Å². The van der Waals surface area contributed by atoms with Gasteiger partial charge in [-0.1, -0.05) is 6.92 Å². The SMILES string of the molecule is CCN1CCN(c2cnc(C(=O)NCc3ccncc3)cn2)CC1. The van der Waals surface area contributed by atoms with Crippen molar-refractivity contribution in [2.75, 3.05) is 37.6 Å². The van der Waals surface area contributed by atoms with Gasteiger partial charge in [0.05, 0.1) is 12.4 Å². The Morgan fingerprint density at radius 3 is 2.50 bits per heavy atom. The minimum atomic E-state index is -0.221. The number of pyridine rings is 1. The van der Waals surface area contributed by atoms with Gasteiger partial charge in [-0.3, -0.25) is 9.78 Å². The highest BCUT2D eigenvalue weighted by molar-refractivity contribution is 5.91. The fraction of sp³-hybridized carbons (Fsp3) is 0.412. The molecule has 0 radical (unpaired) electrons. The van der Waals surface area contributed by atoms with Crippen LogP contribution in [0, 0.1) is 0 Å². The molecule has 1 aliphatic rings. The molecular weight excluding hydrogens is 304 g/mol. The number of carbonyl (C=O) groups is 1. The summed E-state index contributed by atoms with van der Waals surface area (Å²) < 4.78 is 0. The van der Waals surface area contributed by atoms with Crippen molar-refractivity contribution in [1.29, 1.82) is 0 Å². The molecule has 1 aliphatic heterocycles. The average Bonchev–Trinajstić information content (AvgIpc) is 2.67. The maximum Gasteiger partial charge on any atom is 0.271 e. The number of nitrogens with zero attached hydrogens (tertiary/aromatic N) is 5. The highest BCUT2D eigenvalue weighted by atomic mass is 16.1. The van der Waals surface area contributed by atoms with Crippen LogP contribution in [0.25, 0.3) is 0 Å². The number of nitrogens with one attached hydrogen (secondary N) is 1. The fourth-order valence-electron chi connectivity index (χ4n) is 2.67. The van der Waals surface area contributed by atoms with E-state index in [4.69, 9.17) is 0 Å². The second-order valence-corrected chi connectivity index (χ2v) is 5.72. The first-order chi connectivity index (χ1) is 11.8. The molecule has 2 aromatic rings. The van der Waals surface area contributed by atoms with Crippen molar-refractivity contribution in [3.8, 4) is 0 Å². The third-order valence-corrected chi connectivity index (χ3v) is 4.22. The standard InChI is InChI=1S/C17H22N6O/c1-2-22-7-9-23(10-8-22)16-13-19-15(12-20-16)17(24)21-11-14-3-5-18-6-4-14/h3-6,12-13H,2,7-11H2,1H3,(H,21,24). The van der Waals surface area contributed by atoms with Gasteiger partial charge in [0.15, 0.2) is 0 Å². The highest BCUT2D eigenvalue weighted by Gasteiger charge is 2.17. The molecule has 0 aliphatic carbocycles. The summed E-state index contributed by atoms with van der Waals surface area (Å²) in [7, 11) is 0. The molecule has 0 saturated carbocycles. The molecule has 1 amide bonds. The Hall–Kier alpha value is -2.54. The molecule has 7 heteroatoms. The molecule has 0 aromatic carbocycles. The zero-order valence-electron chi connectivity index (χ0n) is 13.9. The van der Waals surface area contributed by atoms with Gasteiger partial charge in [-0.25, -0.2) is 9.97 Å². The summed E-state index contributed by atoms with van der Waals surface area (Å²) in [5.41, 5.74) is 1.33. The minimum absolute atomic E-state index is 0.221. The molecule has 1 saturated heterocycles. The van der Waals surface area contributed by atoms with Gasteiger partial charge in [0.1, 0.15) is 11.5 Å². The summed E-state index contributed by atoms with van der Waals surface area (Å²) in [6.07, 6.45) is 6.63. The largest absolute Gasteiger partial charge is 0.353 e. The monoisotopic (exact) mass is 326 g/mol. The average molecular weight is 326 g/mol. The van der Waals surface area contributed by atoms with E-state index in [0.29, 0.717) is 12.2 Å². The van der Waals surface area contributed by atoms with Crippen molar-refractivity contribution >= 4 is 11.7 Å². The molecule has 126 valence electrons. The van der Waals surface area contributed by atoms with Gasteiger partial charge < -0.3 is 15.1 Å². The number of rotatable bonds is 5. The lowest BCUT2D eigenvalue weighted by Crippen LogP contribution is -2.46. The lowest BCUT2D eigenvalue weighted by Gasteiger charge is -2.34. The topological polar surface area (TPSA) is 74.2 Å². The van der Waals surface area contributed by atoms with E-state index in [1.54, 1.807) is 24.8 Å². The molecule has 7 nitrogen and oxygen atoms in total. The van der Waals surface area contributed by atoms with Crippen molar-refractivity contribution in [3.63, 3.8) is 0 Å². The summed E-state index contributed by atoms with van der Waals surface area (Å²) in [6.45, 7) is 7.65. The summed E-state index contributed by atoms with van der Waals surface area (Å²) in [5.74, 6) is 0.609. The number of amides is 1. The van der Waals surface area contributed by atoms with Crippen LogP contribution in [-0.2, 0) is 6.54 Å². The molecule has 0 atom stereocenters. The fourth-order valence-corrected chi connectivity index (χ4v) is 2.67. The Balaban J connectivity index is 1.55. The van der Waals surface area contributed by atoms with Gasteiger partial charge >= 0.3 is 0 Å². The van der Waals surface area contributed by atoms with Gasteiger partial charge in [-0.05, 0) is 24.2 Å². The first kappa shape index (κ1) is 16.3. The van der Waals surface area contributed by atoms with Crippen LogP contribution in [0.5, 0.6) is 0 Å². The van der Waals surface area contributed by atoms with E-state index >= 15 is 0 Å². The zero-order valence-corrected chi connectivity index (χ0v) is 13.9. The Morgan fingerprint density at radius 1 is 1.12 bits per heavy atom. The van der Waals surface area contributed by atoms with E-state index in [1.807, 2.05) is 12.1 Å². The van der Waals surface area contributed by atoms with Gasteiger partial charge in [0.25, 0.3) is 5.91 Å². The maximum atomic E-state index is 12.1. The van der Waals surface area contributed by atoms with Crippen LogP contribution in [0.2, 0.25) is 0 Å². The highest BCUT2D eigenvalue weighted by Crippen LogP contribution is 2.12. The smallest absolute Gasteiger partial charge is 0.271 e. The molecule has 1 N–H and O–H groups in total. The van der Waals surface area contributed by atoms with E-state index < -0.39 is 0 Å². The molecule has 2 aromatic heterocycles. The third-order valence-electron chi connectivity index (χ3n) is 4.22. The van der Waals surface area contributed by atoms with Crippen molar-refractivity contribution in [1.82, 2.24) is 25.2 Å². The Bertz CT molecular complexity index is 653. The van der Waals surface area contributed by atoms with E-state index in [2.05, 4.69) is 37.0 Å². The summed E-state index contributed by atoms with van der Waals surface area (Å²) >= 11 is 0. The van der Waals surface area contributed by atoms with E-state index in [9.17, 15) is 4.79 Å². The predicted molar refractivity (Wildman–Crippen MR) is 91.8 cm³/mol. The lowest BCUT2D eigenvalue weighted by atomic mass is 10.2. The first-order valence-corrected chi connectivity index (χ1v) is 8.22.